The Labute approximate surface area is 172 Å². The highest BCUT2D eigenvalue weighted by molar-refractivity contribution is 6.24. The Kier molecular flexibility index (Phi) is 3.83. The summed E-state index contributed by atoms with van der Waals surface area (Å²) >= 11 is 0. The number of benzene rings is 3. The average Bonchev–Trinajstić information content (AvgIpc) is 3.22. The van der Waals surface area contributed by atoms with Gasteiger partial charge in [-0.15, -0.1) is 0 Å². The van der Waals surface area contributed by atoms with Gasteiger partial charge in [0.15, 0.2) is 11.6 Å². The van der Waals surface area contributed by atoms with Crippen molar-refractivity contribution in [2.75, 3.05) is 0 Å². The van der Waals surface area contributed by atoms with Gasteiger partial charge in [0.2, 0.25) is 0 Å². The molecule has 0 amide bonds. The van der Waals surface area contributed by atoms with Gasteiger partial charge in [0.05, 0.1) is 17.5 Å². The lowest BCUT2D eigenvalue weighted by Gasteiger charge is -2.32. The van der Waals surface area contributed by atoms with Crippen LogP contribution in [0.15, 0.2) is 66.7 Å². The summed E-state index contributed by atoms with van der Waals surface area (Å²) in [4.78, 5) is 48.4. The Hall–Kier alpha value is -3.86. The second kappa shape index (κ2) is 6.32. The number of carbonyl (C=O) groups excluding carboxylic acids is 4. The summed E-state index contributed by atoms with van der Waals surface area (Å²) < 4.78 is 4.74. The van der Waals surface area contributed by atoms with E-state index in [0.29, 0.717) is 11.1 Å². The maximum absolute atomic E-state index is 12.3. The molecule has 5 nitrogen and oxygen atoms in total. The zero-order chi connectivity index (χ0) is 21.0. The summed E-state index contributed by atoms with van der Waals surface area (Å²) in [6, 6.07) is 20.1. The van der Waals surface area contributed by atoms with Crippen LogP contribution in [0.5, 0.6) is 0 Å². The molecular formula is C25H16O5. The molecule has 0 saturated carbocycles. The van der Waals surface area contributed by atoms with E-state index in [0.717, 1.165) is 16.7 Å². The molecule has 0 fully saturated rings. The first-order valence-corrected chi connectivity index (χ1v) is 9.57. The molecule has 1 aliphatic carbocycles. The molecule has 0 radical (unpaired) electrons. The molecule has 0 aromatic heterocycles. The lowest BCUT2D eigenvalue weighted by atomic mass is 9.70. The third kappa shape index (κ3) is 2.48. The maximum Gasteiger partial charge on any atom is 0.346 e. The zero-order valence-electron chi connectivity index (χ0n) is 16.1. The van der Waals surface area contributed by atoms with Crippen molar-refractivity contribution in [1.29, 1.82) is 0 Å². The summed E-state index contributed by atoms with van der Waals surface area (Å²) in [7, 11) is 0. The van der Waals surface area contributed by atoms with Gasteiger partial charge in [-0.1, -0.05) is 48.5 Å². The number of rotatable bonds is 3. The third-order valence-electron chi connectivity index (χ3n) is 6.09. The van der Waals surface area contributed by atoms with Gasteiger partial charge in [-0.05, 0) is 41.8 Å². The molecule has 1 aliphatic heterocycles. The minimum Gasteiger partial charge on any atom is -0.386 e. The van der Waals surface area contributed by atoms with Gasteiger partial charge in [-0.3, -0.25) is 9.59 Å². The van der Waals surface area contributed by atoms with Crippen LogP contribution in [0, 0.1) is 0 Å². The average molecular weight is 396 g/mol. The van der Waals surface area contributed by atoms with E-state index in [-0.39, 0.29) is 29.1 Å². The Morgan fingerprint density at radius 3 is 1.90 bits per heavy atom. The van der Waals surface area contributed by atoms with Crippen LogP contribution in [-0.2, 0) is 10.2 Å². The third-order valence-corrected chi connectivity index (χ3v) is 6.09. The Balaban J connectivity index is 1.75. The normalized spacial score (nSPS) is 16.8. The first kappa shape index (κ1) is 18.2. The minimum absolute atomic E-state index is 0.104. The van der Waals surface area contributed by atoms with Gasteiger partial charge in [0.1, 0.15) is 0 Å². The fraction of sp³-hybridized carbons (Fsp3) is 0.120. The predicted molar refractivity (Wildman–Crippen MR) is 108 cm³/mol. The molecule has 0 saturated heterocycles. The Morgan fingerprint density at radius 1 is 0.633 bits per heavy atom. The number of carbonyl (C=O) groups is 4. The number of Topliss-reactive ketones (excluding diaryl/α,β-unsaturated/α-hetero) is 2. The molecule has 146 valence electrons. The van der Waals surface area contributed by atoms with Crippen LogP contribution < -0.4 is 0 Å². The number of ether oxygens (including phenoxy) is 1. The monoisotopic (exact) mass is 396 g/mol. The zero-order valence-corrected chi connectivity index (χ0v) is 16.1. The van der Waals surface area contributed by atoms with E-state index in [4.69, 9.17) is 4.74 Å². The molecule has 1 unspecified atom stereocenters. The van der Waals surface area contributed by atoms with E-state index in [2.05, 4.69) is 0 Å². The second-order valence-corrected chi connectivity index (χ2v) is 7.71. The van der Waals surface area contributed by atoms with Gasteiger partial charge in [-0.25, -0.2) is 9.59 Å². The molecule has 0 bridgehead atoms. The van der Waals surface area contributed by atoms with Crippen molar-refractivity contribution in [3.8, 4) is 0 Å². The molecular weight excluding hydrogens is 380 g/mol. The molecule has 5 rings (SSSR count). The summed E-state index contributed by atoms with van der Waals surface area (Å²) in [6.45, 7) is 2.00. The summed E-state index contributed by atoms with van der Waals surface area (Å²) in [6.07, 6.45) is -0.104. The van der Waals surface area contributed by atoms with Crippen molar-refractivity contribution in [3.05, 3.63) is 106 Å². The topological polar surface area (TPSA) is 77.5 Å². The van der Waals surface area contributed by atoms with Gasteiger partial charge < -0.3 is 4.74 Å². The number of ketones is 2. The van der Waals surface area contributed by atoms with Crippen molar-refractivity contribution in [1.82, 2.24) is 0 Å². The molecule has 5 heteroatoms. The van der Waals surface area contributed by atoms with E-state index in [1.54, 1.807) is 30.3 Å². The van der Waals surface area contributed by atoms with Gasteiger partial charge in [0.25, 0.3) is 0 Å². The molecule has 0 spiro atoms. The van der Waals surface area contributed by atoms with Crippen LogP contribution in [0.25, 0.3) is 0 Å². The Bertz CT molecular complexity index is 1190. The highest BCUT2D eigenvalue weighted by Gasteiger charge is 2.37. The van der Waals surface area contributed by atoms with Gasteiger partial charge >= 0.3 is 11.9 Å². The van der Waals surface area contributed by atoms with E-state index >= 15 is 0 Å². The highest BCUT2D eigenvalue weighted by atomic mass is 16.6. The number of hydrogen-bond donors (Lipinski definition) is 0. The lowest BCUT2D eigenvalue weighted by molar-refractivity contribution is 0.0443. The van der Waals surface area contributed by atoms with Crippen LogP contribution in [-0.4, -0.2) is 23.5 Å². The minimum atomic E-state index is -0.733. The molecule has 3 aromatic rings. The van der Waals surface area contributed by atoms with Crippen LogP contribution in [0.3, 0.4) is 0 Å². The summed E-state index contributed by atoms with van der Waals surface area (Å²) in [5.41, 5.74) is 3.14. The van der Waals surface area contributed by atoms with Crippen molar-refractivity contribution in [3.63, 3.8) is 0 Å². The van der Waals surface area contributed by atoms with Crippen molar-refractivity contribution in [2.45, 2.75) is 18.8 Å². The predicted octanol–water partition coefficient (Wildman–Crippen LogP) is 4.12. The quantitative estimate of drug-likeness (QED) is 0.378. The molecule has 30 heavy (non-hydrogen) atoms. The van der Waals surface area contributed by atoms with E-state index < -0.39 is 17.4 Å². The van der Waals surface area contributed by atoms with Gasteiger partial charge in [0, 0.05) is 16.5 Å². The largest absolute Gasteiger partial charge is 0.386 e. The van der Waals surface area contributed by atoms with Crippen LogP contribution in [0.2, 0.25) is 0 Å². The molecule has 1 heterocycles. The first-order valence-electron chi connectivity index (χ1n) is 9.57. The number of cyclic esters (lactones) is 2. The standard InChI is InChI=1S/C25H16O5/c1-25(14-5-3-2-4-6-14,15-7-9-17-19(11-15)22(27)13-21(17)26)16-8-10-18-20(12-16)24(29)30-23(18)28/h2-12H,13H2,1H3. The Morgan fingerprint density at radius 2 is 1.20 bits per heavy atom. The summed E-state index contributed by atoms with van der Waals surface area (Å²) in [5.74, 6) is -1.66. The van der Waals surface area contributed by atoms with Crippen molar-refractivity contribution in [2.24, 2.45) is 0 Å². The summed E-state index contributed by atoms with van der Waals surface area (Å²) in [5, 5.41) is 0. The number of fused-ring (bicyclic) bond motifs is 2. The maximum atomic E-state index is 12.3. The van der Waals surface area contributed by atoms with E-state index in [1.165, 1.54) is 0 Å². The second-order valence-electron chi connectivity index (χ2n) is 7.71. The fourth-order valence-corrected chi connectivity index (χ4v) is 4.33. The smallest absolute Gasteiger partial charge is 0.346 e. The first-order chi connectivity index (χ1) is 14.4. The number of hydrogen-bond acceptors (Lipinski definition) is 5. The van der Waals surface area contributed by atoms with Crippen LogP contribution in [0.4, 0.5) is 0 Å². The fourth-order valence-electron chi connectivity index (χ4n) is 4.33. The highest BCUT2D eigenvalue weighted by Crippen LogP contribution is 2.41. The van der Waals surface area contributed by atoms with Crippen molar-refractivity contribution < 1.29 is 23.9 Å². The van der Waals surface area contributed by atoms with Gasteiger partial charge in [-0.2, -0.15) is 0 Å². The molecule has 3 aromatic carbocycles. The van der Waals surface area contributed by atoms with Crippen LogP contribution in [0.1, 0.15) is 71.5 Å². The van der Waals surface area contributed by atoms with E-state index in [1.807, 2.05) is 43.3 Å². The molecule has 2 aliphatic rings. The van der Waals surface area contributed by atoms with Crippen LogP contribution >= 0.6 is 0 Å². The number of esters is 2. The molecule has 0 N–H and O–H groups in total. The van der Waals surface area contributed by atoms with E-state index in [9.17, 15) is 19.2 Å². The van der Waals surface area contributed by atoms with Crippen molar-refractivity contribution >= 4 is 23.5 Å². The molecule has 1 atom stereocenters. The SMILES string of the molecule is CC(c1ccccc1)(c1ccc2c(c1)C(=O)CC2=O)c1ccc2c(c1)C(=O)OC2=O. The lowest BCUT2D eigenvalue weighted by Crippen LogP contribution is -2.26.